The number of amides is 2. The van der Waals surface area contributed by atoms with Crippen LogP contribution in [0.3, 0.4) is 0 Å². The molecule has 5 nitrogen and oxygen atoms in total. The van der Waals surface area contributed by atoms with Gasteiger partial charge in [-0.25, -0.2) is 0 Å². The lowest BCUT2D eigenvalue weighted by Crippen LogP contribution is -2.50. The quantitative estimate of drug-likeness (QED) is 0.802. The molecule has 0 unspecified atom stereocenters. The Kier molecular flexibility index (Phi) is 6.60. The van der Waals surface area contributed by atoms with Crippen molar-refractivity contribution < 1.29 is 9.59 Å². The Morgan fingerprint density at radius 2 is 1.56 bits per heavy atom. The van der Waals surface area contributed by atoms with Gasteiger partial charge in [-0.05, 0) is 24.3 Å². The first-order valence-electron chi connectivity index (χ1n) is 8.45. The van der Waals surface area contributed by atoms with Crippen LogP contribution in [-0.4, -0.2) is 54.3 Å². The van der Waals surface area contributed by atoms with E-state index in [0.29, 0.717) is 52.5 Å². The number of nitrogens with one attached hydrogen (secondary N) is 1. The second-order valence-electron chi connectivity index (χ2n) is 6.20. The zero-order valence-corrected chi connectivity index (χ0v) is 16.7. The van der Waals surface area contributed by atoms with E-state index in [1.165, 1.54) is 0 Å². The monoisotopic (exact) mass is 425 g/mol. The van der Waals surface area contributed by atoms with Crippen molar-refractivity contribution in [2.45, 2.75) is 0 Å². The summed E-state index contributed by atoms with van der Waals surface area (Å²) in [4.78, 5) is 28.6. The van der Waals surface area contributed by atoms with E-state index < -0.39 is 0 Å². The van der Waals surface area contributed by atoms with Gasteiger partial charge < -0.3 is 10.2 Å². The van der Waals surface area contributed by atoms with Crippen LogP contribution >= 0.6 is 34.8 Å². The highest BCUT2D eigenvalue weighted by molar-refractivity contribution is 6.44. The van der Waals surface area contributed by atoms with Crippen LogP contribution in [0.4, 0.5) is 5.69 Å². The van der Waals surface area contributed by atoms with Crippen molar-refractivity contribution in [3.8, 4) is 0 Å². The lowest BCUT2D eigenvalue weighted by Gasteiger charge is -2.34. The molecule has 0 aromatic heterocycles. The predicted octanol–water partition coefficient (Wildman–Crippen LogP) is 4.04. The van der Waals surface area contributed by atoms with Crippen LogP contribution in [0.15, 0.2) is 42.5 Å². The summed E-state index contributed by atoms with van der Waals surface area (Å²) in [6.45, 7) is 2.50. The van der Waals surface area contributed by atoms with E-state index in [4.69, 9.17) is 34.8 Å². The van der Waals surface area contributed by atoms with Crippen LogP contribution in [0.2, 0.25) is 15.1 Å². The molecule has 1 heterocycles. The summed E-state index contributed by atoms with van der Waals surface area (Å²) < 4.78 is 0. The number of hydrogen-bond acceptors (Lipinski definition) is 3. The summed E-state index contributed by atoms with van der Waals surface area (Å²) in [6.07, 6.45) is 0. The zero-order valence-electron chi connectivity index (χ0n) is 14.4. The van der Waals surface area contributed by atoms with Crippen molar-refractivity contribution in [3.05, 3.63) is 63.1 Å². The van der Waals surface area contributed by atoms with Crippen LogP contribution in [0.5, 0.6) is 0 Å². The summed E-state index contributed by atoms with van der Waals surface area (Å²) in [6, 6.07) is 12.1. The smallest absolute Gasteiger partial charge is 0.255 e. The number of halogens is 3. The van der Waals surface area contributed by atoms with Crippen molar-refractivity contribution in [2.75, 3.05) is 38.0 Å². The summed E-state index contributed by atoms with van der Waals surface area (Å²) in [7, 11) is 0. The molecular weight excluding hydrogens is 409 g/mol. The number of nitrogens with zero attached hydrogens (tertiary/aromatic N) is 2. The lowest BCUT2D eigenvalue weighted by molar-refractivity contribution is -0.117. The molecule has 0 bridgehead atoms. The Bertz CT molecular complexity index is 852. The van der Waals surface area contributed by atoms with Gasteiger partial charge in [0.2, 0.25) is 5.91 Å². The predicted molar refractivity (Wildman–Crippen MR) is 109 cm³/mol. The highest BCUT2D eigenvalue weighted by Gasteiger charge is 2.24. The molecule has 1 saturated heterocycles. The second kappa shape index (κ2) is 8.93. The van der Waals surface area contributed by atoms with Crippen LogP contribution in [0, 0.1) is 0 Å². The number of piperazine rings is 1. The van der Waals surface area contributed by atoms with E-state index in [1.54, 1.807) is 47.4 Å². The molecule has 142 valence electrons. The molecule has 0 spiro atoms. The number of carbonyl (C=O) groups excluding carboxylic acids is 2. The van der Waals surface area contributed by atoms with E-state index in [-0.39, 0.29) is 18.4 Å². The zero-order chi connectivity index (χ0) is 19.4. The van der Waals surface area contributed by atoms with Gasteiger partial charge in [-0.3, -0.25) is 14.5 Å². The standard InChI is InChI=1S/C19H18Cl3N3O2/c20-14-5-2-1-4-13(14)19(27)25-10-8-24(9-11-25)12-17(26)23-16-7-3-6-15(21)18(16)22/h1-7H,8-12H2,(H,23,26). The van der Waals surface area contributed by atoms with Gasteiger partial charge in [0, 0.05) is 26.2 Å². The molecule has 0 atom stereocenters. The summed E-state index contributed by atoms with van der Waals surface area (Å²) in [5, 5.41) is 3.93. The molecule has 2 aromatic carbocycles. The lowest BCUT2D eigenvalue weighted by atomic mass is 10.2. The van der Waals surface area contributed by atoms with Gasteiger partial charge in [0.05, 0.1) is 32.9 Å². The third kappa shape index (κ3) is 4.93. The van der Waals surface area contributed by atoms with Crippen molar-refractivity contribution in [1.82, 2.24) is 9.80 Å². The molecule has 0 aliphatic carbocycles. The maximum atomic E-state index is 12.6. The van der Waals surface area contributed by atoms with Gasteiger partial charge in [0.25, 0.3) is 5.91 Å². The normalized spacial score (nSPS) is 14.9. The first-order valence-corrected chi connectivity index (χ1v) is 9.59. The summed E-state index contributed by atoms with van der Waals surface area (Å²) in [5.41, 5.74) is 0.989. The molecule has 1 N–H and O–H groups in total. The molecule has 2 aromatic rings. The largest absolute Gasteiger partial charge is 0.336 e. The fourth-order valence-corrected chi connectivity index (χ4v) is 3.47. The van der Waals surface area contributed by atoms with Crippen LogP contribution < -0.4 is 5.32 Å². The minimum absolute atomic E-state index is 0.0876. The average Bonchev–Trinajstić information content (AvgIpc) is 2.66. The molecule has 27 heavy (non-hydrogen) atoms. The van der Waals surface area contributed by atoms with E-state index >= 15 is 0 Å². The number of anilines is 1. The average molecular weight is 427 g/mol. The van der Waals surface area contributed by atoms with Crippen molar-refractivity contribution in [2.24, 2.45) is 0 Å². The van der Waals surface area contributed by atoms with Crippen LogP contribution in [0.1, 0.15) is 10.4 Å². The first kappa shape index (κ1) is 20.0. The number of rotatable bonds is 4. The Morgan fingerprint density at radius 3 is 2.26 bits per heavy atom. The van der Waals surface area contributed by atoms with Crippen molar-refractivity contribution in [3.63, 3.8) is 0 Å². The van der Waals surface area contributed by atoms with Crippen LogP contribution in [-0.2, 0) is 4.79 Å². The van der Waals surface area contributed by atoms with E-state index in [2.05, 4.69) is 5.32 Å². The Morgan fingerprint density at radius 1 is 0.889 bits per heavy atom. The number of benzene rings is 2. The van der Waals surface area contributed by atoms with Gasteiger partial charge in [-0.2, -0.15) is 0 Å². The highest BCUT2D eigenvalue weighted by atomic mass is 35.5. The van der Waals surface area contributed by atoms with Crippen molar-refractivity contribution >= 4 is 52.3 Å². The van der Waals surface area contributed by atoms with Gasteiger partial charge in [0.15, 0.2) is 0 Å². The first-order chi connectivity index (χ1) is 13.0. The molecule has 1 aliphatic rings. The van der Waals surface area contributed by atoms with Gasteiger partial charge in [-0.1, -0.05) is 53.0 Å². The maximum Gasteiger partial charge on any atom is 0.255 e. The van der Waals surface area contributed by atoms with Crippen LogP contribution in [0.25, 0.3) is 0 Å². The molecule has 3 rings (SSSR count). The molecular formula is C19H18Cl3N3O2. The Balaban J connectivity index is 1.52. The third-order valence-corrected chi connectivity index (χ3v) is 5.51. The van der Waals surface area contributed by atoms with E-state index in [1.807, 2.05) is 4.90 Å². The Hall–Kier alpha value is -1.79. The van der Waals surface area contributed by atoms with Gasteiger partial charge in [0.1, 0.15) is 0 Å². The molecule has 1 fully saturated rings. The molecule has 0 saturated carbocycles. The molecule has 1 aliphatic heterocycles. The summed E-state index contributed by atoms with van der Waals surface area (Å²) >= 11 is 18.2. The van der Waals surface area contributed by atoms with E-state index in [0.717, 1.165) is 0 Å². The SMILES string of the molecule is O=C(CN1CCN(C(=O)c2ccccc2Cl)CC1)Nc1cccc(Cl)c1Cl. The van der Waals surface area contributed by atoms with Crippen molar-refractivity contribution in [1.29, 1.82) is 0 Å². The van der Waals surface area contributed by atoms with Gasteiger partial charge >= 0.3 is 0 Å². The van der Waals surface area contributed by atoms with E-state index in [9.17, 15) is 9.59 Å². The Labute approximate surface area is 172 Å². The maximum absolute atomic E-state index is 12.6. The molecule has 0 radical (unpaired) electrons. The topological polar surface area (TPSA) is 52.7 Å². The molecule has 8 heteroatoms. The minimum atomic E-state index is -0.176. The fourth-order valence-electron chi connectivity index (χ4n) is 2.91. The highest BCUT2D eigenvalue weighted by Crippen LogP contribution is 2.29. The second-order valence-corrected chi connectivity index (χ2v) is 7.39. The number of hydrogen-bond donors (Lipinski definition) is 1. The minimum Gasteiger partial charge on any atom is -0.336 e. The summed E-state index contributed by atoms with van der Waals surface area (Å²) in [5.74, 6) is -0.263. The number of carbonyl (C=O) groups is 2. The van der Waals surface area contributed by atoms with Gasteiger partial charge in [-0.15, -0.1) is 0 Å². The molecule has 2 amide bonds. The fraction of sp³-hybridized carbons (Fsp3) is 0.263. The third-order valence-electron chi connectivity index (χ3n) is 4.36.